The van der Waals surface area contributed by atoms with Crippen LogP contribution in [0.4, 0.5) is 11.4 Å². The first-order valence-electron chi connectivity index (χ1n) is 11.1. The molecule has 1 atom stereocenters. The van der Waals surface area contributed by atoms with Crippen molar-refractivity contribution in [3.05, 3.63) is 88.7 Å². The van der Waals surface area contributed by atoms with E-state index in [1.807, 2.05) is 0 Å². The maximum Gasteiger partial charge on any atom is 0.278 e. The number of nitrogens with one attached hydrogen (secondary N) is 2. The van der Waals surface area contributed by atoms with E-state index in [4.69, 9.17) is 0 Å². The van der Waals surface area contributed by atoms with Crippen molar-refractivity contribution >= 4 is 40.0 Å². The summed E-state index contributed by atoms with van der Waals surface area (Å²) in [7, 11) is 0. The van der Waals surface area contributed by atoms with Crippen LogP contribution in [0.1, 0.15) is 37.2 Å². The molecule has 1 heterocycles. The molecule has 1 aromatic heterocycles. The third-order valence-electron chi connectivity index (χ3n) is 5.61. The summed E-state index contributed by atoms with van der Waals surface area (Å²) in [6, 6.07) is 19.6. The average Bonchev–Trinajstić information content (AvgIpc) is 2.83. The third kappa shape index (κ3) is 4.86. The van der Waals surface area contributed by atoms with Gasteiger partial charge >= 0.3 is 0 Å². The van der Waals surface area contributed by atoms with E-state index in [-0.39, 0.29) is 17.4 Å². The fraction of sp³-hybridized carbons (Fsp3) is 0.148. The zero-order valence-corrected chi connectivity index (χ0v) is 19.5. The number of fused-ring (bicyclic) bond motifs is 1. The van der Waals surface area contributed by atoms with Crippen molar-refractivity contribution in [3.8, 4) is 11.3 Å². The molecule has 1 unspecified atom stereocenters. The second-order valence-electron chi connectivity index (χ2n) is 8.15. The van der Waals surface area contributed by atoms with Gasteiger partial charge in [0.1, 0.15) is 11.7 Å². The molecule has 4 aromatic rings. The minimum absolute atomic E-state index is 0.0712. The highest BCUT2D eigenvalue weighted by Gasteiger charge is 2.23. The van der Waals surface area contributed by atoms with Gasteiger partial charge in [0.2, 0.25) is 11.8 Å². The first-order valence-corrected chi connectivity index (χ1v) is 11.1. The Morgan fingerprint density at radius 1 is 0.857 bits per heavy atom. The number of amides is 2. The van der Waals surface area contributed by atoms with Gasteiger partial charge in [-0.05, 0) is 56.3 Å². The molecule has 0 fully saturated rings. The maximum atomic E-state index is 13.7. The SMILES string of the molecule is CC(=O)Nc1ccccc1-c1nc2ccccc2n(C(C)C(=O)Nc2ccc(C(C)=O)cc2)c1=O. The van der Waals surface area contributed by atoms with Crippen LogP contribution in [0.2, 0.25) is 0 Å². The van der Waals surface area contributed by atoms with Crippen LogP contribution in [-0.2, 0) is 9.59 Å². The fourth-order valence-electron chi connectivity index (χ4n) is 3.85. The highest BCUT2D eigenvalue weighted by atomic mass is 16.2. The van der Waals surface area contributed by atoms with Gasteiger partial charge in [-0.3, -0.25) is 23.7 Å². The van der Waals surface area contributed by atoms with Gasteiger partial charge in [-0.2, -0.15) is 0 Å². The number of nitrogens with zero attached hydrogens (tertiary/aromatic N) is 2. The van der Waals surface area contributed by atoms with E-state index < -0.39 is 17.5 Å². The Kier molecular flexibility index (Phi) is 6.55. The first-order chi connectivity index (χ1) is 16.8. The molecular weight excluding hydrogens is 444 g/mol. The van der Waals surface area contributed by atoms with Crippen molar-refractivity contribution < 1.29 is 14.4 Å². The van der Waals surface area contributed by atoms with Crippen LogP contribution < -0.4 is 16.2 Å². The molecule has 0 bridgehead atoms. The number of Topliss-reactive ketones (excluding diaryl/α,β-unsaturated/α-hetero) is 1. The largest absolute Gasteiger partial charge is 0.326 e. The van der Waals surface area contributed by atoms with Gasteiger partial charge in [-0.15, -0.1) is 0 Å². The van der Waals surface area contributed by atoms with Crippen LogP contribution in [0.25, 0.3) is 22.3 Å². The number of aromatic nitrogens is 2. The normalized spacial score (nSPS) is 11.6. The Balaban J connectivity index is 1.79. The lowest BCUT2D eigenvalue weighted by atomic mass is 10.1. The Morgan fingerprint density at radius 3 is 2.20 bits per heavy atom. The molecule has 0 radical (unpaired) electrons. The molecule has 35 heavy (non-hydrogen) atoms. The third-order valence-corrected chi connectivity index (χ3v) is 5.61. The number of hydrogen-bond donors (Lipinski definition) is 2. The van der Waals surface area contributed by atoms with Crippen molar-refractivity contribution in [1.82, 2.24) is 9.55 Å². The highest BCUT2D eigenvalue weighted by molar-refractivity contribution is 5.97. The van der Waals surface area contributed by atoms with Crippen molar-refractivity contribution in [2.45, 2.75) is 26.8 Å². The van der Waals surface area contributed by atoms with Gasteiger partial charge in [0.25, 0.3) is 5.56 Å². The van der Waals surface area contributed by atoms with Gasteiger partial charge in [0, 0.05) is 23.7 Å². The second kappa shape index (κ2) is 9.72. The molecule has 176 valence electrons. The highest BCUT2D eigenvalue weighted by Crippen LogP contribution is 2.27. The Labute approximate surface area is 201 Å². The number of anilines is 2. The Hall–Kier alpha value is -4.59. The summed E-state index contributed by atoms with van der Waals surface area (Å²) >= 11 is 0. The topological polar surface area (TPSA) is 110 Å². The second-order valence-corrected chi connectivity index (χ2v) is 8.15. The van der Waals surface area contributed by atoms with E-state index in [0.29, 0.717) is 33.5 Å². The number of rotatable bonds is 6. The van der Waals surface area contributed by atoms with Crippen molar-refractivity contribution in [2.24, 2.45) is 0 Å². The molecule has 0 saturated heterocycles. The number of carbonyl (C=O) groups excluding carboxylic acids is 3. The van der Waals surface area contributed by atoms with Crippen LogP contribution in [0.15, 0.2) is 77.6 Å². The number of para-hydroxylation sites is 3. The molecule has 4 rings (SSSR count). The number of carbonyl (C=O) groups is 3. The monoisotopic (exact) mass is 468 g/mol. The Bertz CT molecular complexity index is 1510. The summed E-state index contributed by atoms with van der Waals surface area (Å²) in [5, 5.41) is 5.54. The quantitative estimate of drug-likeness (QED) is 0.407. The minimum Gasteiger partial charge on any atom is -0.326 e. The summed E-state index contributed by atoms with van der Waals surface area (Å²) in [6.45, 7) is 4.49. The molecule has 0 spiro atoms. The van der Waals surface area contributed by atoms with Crippen molar-refractivity contribution in [3.63, 3.8) is 0 Å². The zero-order valence-electron chi connectivity index (χ0n) is 19.5. The van der Waals surface area contributed by atoms with Gasteiger partial charge in [-0.25, -0.2) is 4.98 Å². The van der Waals surface area contributed by atoms with Crippen molar-refractivity contribution in [2.75, 3.05) is 10.6 Å². The molecular formula is C27H24N4O4. The molecule has 3 aromatic carbocycles. The molecule has 8 heteroatoms. The maximum absolute atomic E-state index is 13.7. The number of ketones is 1. The molecule has 0 aliphatic heterocycles. The predicted molar refractivity (Wildman–Crippen MR) is 136 cm³/mol. The van der Waals surface area contributed by atoms with E-state index >= 15 is 0 Å². The predicted octanol–water partition coefficient (Wildman–Crippen LogP) is 4.42. The number of hydrogen-bond acceptors (Lipinski definition) is 5. The standard InChI is InChI=1S/C27H24N4O4/c1-16(26(34)29-20-14-12-19(13-15-20)17(2)32)31-24-11-7-6-10-23(24)30-25(27(31)35)21-8-4-5-9-22(21)28-18(3)33/h4-16H,1-3H3,(H,28,33)(H,29,34). The lowest BCUT2D eigenvalue weighted by Crippen LogP contribution is -2.33. The zero-order chi connectivity index (χ0) is 25.1. The summed E-state index contributed by atoms with van der Waals surface area (Å²) in [5.41, 5.74) is 2.66. The van der Waals surface area contributed by atoms with Gasteiger partial charge < -0.3 is 10.6 Å². The van der Waals surface area contributed by atoms with Crippen LogP contribution >= 0.6 is 0 Å². The molecule has 2 amide bonds. The molecule has 0 aliphatic rings. The smallest absolute Gasteiger partial charge is 0.278 e. The van der Waals surface area contributed by atoms with Gasteiger partial charge in [0.15, 0.2) is 5.78 Å². The van der Waals surface area contributed by atoms with Gasteiger partial charge in [0.05, 0.1) is 16.7 Å². The van der Waals surface area contributed by atoms with Crippen molar-refractivity contribution in [1.29, 1.82) is 0 Å². The van der Waals surface area contributed by atoms with E-state index in [1.54, 1.807) is 79.7 Å². The Morgan fingerprint density at radius 2 is 1.51 bits per heavy atom. The molecule has 8 nitrogen and oxygen atoms in total. The molecule has 0 saturated carbocycles. The van der Waals surface area contributed by atoms with E-state index in [9.17, 15) is 19.2 Å². The first kappa shape index (κ1) is 23.6. The lowest BCUT2D eigenvalue weighted by Gasteiger charge is -2.19. The summed E-state index contributed by atoms with van der Waals surface area (Å²) < 4.78 is 1.40. The lowest BCUT2D eigenvalue weighted by molar-refractivity contribution is -0.118. The van der Waals surface area contributed by atoms with E-state index in [1.165, 1.54) is 18.4 Å². The van der Waals surface area contributed by atoms with Crippen LogP contribution in [0.3, 0.4) is 0 Å². The average molecular weight is 469 g/mol. The number of benzene rings is 3. The molecule has 2 N–H and O–H groups in total. The molecule has 0 aliphatic carbocycles. The van der Waals surface area contributed by atoms with Crippen LogP contribution in [0, 0.1) is 0 Å². The van der Waals surface area contributed by atoms with Crippen LogP contribution in [-0.4, -0.2) is 27.1 Å². The summed E-state index contributed by atoms with van der Waals surface area (Å²) in [5.74, 6) is -0.750. The summed E-state index contributed by atoms with van der Waals surface area (Å²) in [4.78, 5) is 54.7. The minimum atomic E-state index is -0.880. The summed E-state index contributed by atoms with van der Waals surface area (Å²) in [6.07, 6.45) is 0. The fourth-order valence-corrected chi connectivity index (χ4v) is 3.85. The van der Waals surface area contributed by atoms with Crippen LogP contribution in [0.5, 0.6) is 0 Å². The van der Waals surface area contributed by atoms with E-state index in [2.05, 4.69) is 15.6 Å². The van der Waals surface area contributed by atoms with E-state index in [0.717, 1.165) is 0 Å². The van der Waals surface area contributed by atoms with Gasteiger partial charge in [-0.1, -0.05) is 30.3 Å².